The normalized spacial score (nSPS) is 10.8. The van der Waals surface area contributed by atoms with Crippen molar-refractivity contribution in [3.8, 4) is 23.1 Å². The Morgan fingerprint density at radius 1 is 1.13 bits per heavy atom. The van der Waals surface area contributed by atoms with Gasteiger partial charge in [-0.3, -0.25) is 9.36 Å². The standard InChI is InChI=1S/C21H21N5O4/c1-28-16-9-17(29-2)20(30-3)19-14(16)8-15(25-19)21(27)24-11-13-4-5-18(23-10-13)26-7-6-22-12-26/h4-10,12,25H,11H2,1-3H3,(H,24,27). The molecule has 4 aromatic rings. The van der Waals surface area contributed by atoms with Crippen LogP contribution in [-0.4, -0.2) is 46.8 Å². The van der Waals surface area contributed by atoms with Crippen LogP contribution in [-0.2, 0) is 6.54 Å². The van der Waals surface area contributed by atoms with Crippen molar-refractivity contribution < 1.29 is 19.0 Å². The first-order valence-corrected chi connectivity index (χ1v) is 9.17. The minimum Gasteiger partial charge on any atom is -0.496 e. The molecular formula is C21H21N5O4. The number of hydrogen-bond donors (Lipinski definition) is 2. The van der Waals surface area contributed by atoms with E-state index in [1.807, 2.05) is 22.9 Å². The fourth-order valence-electron chi connectivity index (χ4n) is 3.21. The van der Waals surface area contributed by atoms with Gasteiger partial charge in [0.15, 0.2) is 11.5 Å². The monoisotopic (exact) mass is 407 g/mol. The third-order valence-electron chi connectivity index (χ3n) is 4.72. The highest BCUT2D eigenvalue weighted by atomic mass is 16.5. The second kappa shape index (κ2) is 8.16. The van der Waals surface area contributed by atoms with Gasteiger partial charge in [0.1, 0.15) is 23.6 Å². The molecule has 0 bridgehead atoms. The number of amides is 1. The molecule has 2 N–H and O–H groups in total. The van der Waals surface area contributed by atoms with Gasteiger partial charge in [0, 0.05) is 36.6 Å². The minimum atomic E-state index is -0.257. The number of methoxy groups -OCH3 is 3. The van der Waals surface area contributed by atoms with Gasteiger partial charge >= 0.3 is 0 Å². The lowest BCUT2D eigenvalue weighted by Crippen LogP contribution is -2.23. The molecule has 0 aliphatic rings. The molecule has 0 radical (unpaired) electrons. The largest absolute Gasteiger partial charge is 0.496 e. The molecule has 0 spiro atoms. The van der Waals surface area contributed by atoms with Gasteiger partial charge in [-0.1, -0.05) is 6.07 Å². The van der Waals surface area contributed by atoms with Gasteiger partial charge in [0.05, 0.1) is 26.8 Å². The Balaban J connectivity index is 1.53. The minimum absolute atomic E-state index is 0.257. The number of aromatic amines is 1. The number of rotatable bonds is 7. The molecule has 1 aromatic carbocycles. The van der Waals surface area contributed by atoms with Crippen molar-refractivity contribution in [2.24, 2.45) is 0 Å². The number of H-pyrrole nitrogens is 1. The van der Waals surface area contributed by atoms with E-state index in [2.05, 4.69) is 20.3 Å². The van der Waals surface area contributed by atoms with Crippen molar-refractivity contribution in [2.45, 2.75) is 6.54 Å². The Hall–Kier alpha value is -4.01. The maximum absolute atomic E-state index is 12.7. The van der Waals surface area contributed by atoms with Gasteiger partial charge in [0.2, 0.25) is 0 Å². The summed E-state index contributed by atoms with van der Waals surface area (Å²) in [6.07, 6.45) is 6.90. The molecule has 1 amide bonds. The second-order valence-electron chi connectivity index (χ2n) is 6.46. The fourth-order valence-corrected chi connectivity index (χ4v) is 3.21. The number of ether oxygens (including phenoxy) is 3. The van der Waals surface area contributed by atoms with Crippen molar-refractivity contribution in [1.82, 2.24) is 24.8 Å². The summed E-state index contributed by atoms with van der Waals surface area (Å²) >= 11 is 0. The molecular weight excluding hydrogens is 386 g/mol. The molecule has 0 unspecified atom stereocenters. The summed E-state index contributed by atoms with van der Waals surface area (Å²) in [6.45, 7) is 0.336. The molecule has 3 heterocycles. The molecule has 0 saturated heterocycles. The van der Waals surface area contributed by atoms with Crippen molar-refractivity contribution in [1.29, 1.82) is 0 Å². The molecule has 154 valence electrons. The summed E-state index contributed by atoms with van der Waals surface area (Å²) in [6, 6.07) is 7.23. The summed E-state index contributed by atoms with van der Waals surface area (Å²) in [5, 5.41) is 3.62. The summed E-state index contributed by atoms with van der Waals surface area (Å²) in [7, 11) is 4.66. The maximum atomic E-state index is 12.7. The van der Waals surface area contributed by atoms with Crippen LogP contribution in [0.3, 0.4) is 0 Å². The maximum Gasteiger partial charge on any atom is 0.268 e. The van der Waals surface area contributed by atoms with E-state index in [1.54, 1.807) is 52.2 Å². The lowest BCUT2D eigenvalue weighted by Gasteiger charge is -2.11. The first-order chi connectivity index (χ1) is 14.6. The van der Waals surface area contributed by atoms with E-state index < -0.39 is 0 Å². The Bertz CT molecular complexity index is 1170. The molecule has 0 aliphatic carbocycles. The van der Waals surface area contributed by atoms with E-state index >= 15 is 0 Å². The van der Waals surface area contributed by atoms with Gasteiger partial charge < -0.3 is 24.5 Å². The summed E-state index contributed by atoms with van der Waals surface area (Å²) in [5.41, 5.74) is 1.89. The van der Waals surface area contributed by atoms with Crippen molar-refractivity contribution in [3.05, 3.63) is 60.4 Å². The predicted molar refractivity (Wildman–Crippen MR) is 110 cm³/mol. The number of imidazole rings is 1. The molecule has 9 heteroatoms. The number of aromatic nitrogens is 4. The molecule has 0 saturated carbocycles. The summed E-state index contributed by atoms with van der Waals surface area (Å²) < 4.78 is 18.1. The highest BCUT2D eigenvalue weighted by Crippen LogP contribution is 2.41. The lowest BCUT2D eigenvalue weighted by molar-refractivity contribution is 0.0946. The number of fused-ring (bicyclic) bond motifs is 1. The number of benzene rings is 1. The second-order valence-corrected chi connectivity index (χ2v) is 6.46. The molecule has 4 rings (SSSR count). The van der Waals surface area contributed by atoms with Crippen LogP contribution in [0.2, 0.25) is 0 Å². The Morgan fingerprint density at radius 3 is 2.60 bits per heavy atom. The van der Waals surface area contributed by atoms with Crippen molar-refractivity contribution >= 4 is 16.8 Å². The zero-order valence-corrected chi connectivity index (χ0v) is 16.8. The average molecular weight is 407 g/mol. The average Bonchev–Trinajstić information content (AvgIpc) is 3.47. The van der Waals surface area contributed by atoms with Crippen LogP contribution in [0.1, 0.15) is 16.1 Å². The van der Waals surface area contributed by atoms with Crippen LogP contribution in [0.25, 0.3) is 16.7 Å². The topological polar surface area (TPSA) is 103 Å². The number of nitrogens with one attached hydrogen (secondary N) is 2. The number of pyridine rings is 1. The highest BCUT2D eigenvalue weighted by Gasteiger charge is 2.19. The van der Waals surface area contributed by atoms with Crippen LogP contribution < -0.4 is 19.5 Å². The van der Waals surface area contributed by atoms with Crippen molar-refractivity contribution in [3.63, 3.8) is 0 Å². The fraction of sp³-hybridized carbons (Fsp3) is 0.190. The van der Waals surface area contributed by atoms with Gasteiger partial charge in [-0.15, -0.1) is 0 Å². The van der Waals surface area contributed by atoms with E-state index in [0.29, 0.717) is 35.0 Å². The van der Waals surface area contributed by atoms with Gasteiger partial charge in [-0.05, 0) is 17.7 Å². The van der Waals surface area contributed by atoms with Gasteiger partial charge in [-0.2, -0.15) is 0 Å². The zero-order chi connectivity index (χ0) is 21.1. The van der Waals surface area contributed by atoms with Gasteiger partial charge in [0.25, 0.3) is 5.91 Å². The van der Waals surface area contributed by atoms with Gasteiger partial charge in [-0.25, -0.2) is 9.97 Å². The lowest BCUT2D eigenvalue weighted by atomic mass is 10.2. The molecule has 0 fully saturated rings. The third kappa shape index (κ3) is 3.52. The number of carbonyl (C=O) groups is 1. The molecule has 9 nitrogen and oxygen atoms in total. The SMILES string of the molecule is COc1cc(OC)c2cc(C(=O)NCc3ccc(-n4ccnc4)nc3)[nH]c2c1OC. The van der Waals surface area contributed by atoms with Crippen molar-refractivity contribution in [2.75, 3.05) is 21.3 Å². The van der Waals surface area contributed by atoms with Crippen LogP contribution in [0.15, 0.2) is 49.2 Å². The van der Waals surface area contributed by atoms with E-state index in [-0.39, 0.29) is 5.91 Å². The van der Waals surface area contributed by atoms with E-state index in [1.165, 1.54) is 0 Å². The zero-order valence-electron chi connectivity index (χ0n) is 16.8. The Labute approximate surface area is 172 Å². The Morgan fingerprint density at radius 2 is 1.97 bits per heavy atom. The first kappa shape index (κ1) is 19.3. The number of nitrogens with zero attached hydrogens (tertiary/aromatic N) is 3. The van der Waals surface area contributed by atoms with Crippen LogP contribution in [0, 0.1) is 0 Å². The van der Waals surface area contributed by atoms with E-state index in [0.717, 1.165) is 16.8 Å². The molecule has 30 heavy (non-hydrogen) atoms. The van der Waals surface area contributed by atoms with E-state index in [4.69, 9.17) is 14.2 Å². The Kier molecular flexibility index (Phi) is 5.25. The van der Waals surface area contributed by atoms with Crippen LogP contribution in [0.4, 0.5) is 0 Å². The van der Waals surface area contributed by atoms with E-state index in [9.17, 15) is 4.79 Å². The number of hydrogen-bond acceptors (Lipinski definition) is 6. The highest BCUT2D eigenvalue weighted by molar-refractivity contribution is 6.02. The quantitative estimate of drug-likeness (QED) is 0.488. The molecule has 0 atom stereocenters. The summed E-state index contributed by atoms with van der Waals surface area (Å²) in [4.78, 5) is 24.2. The smallest absolute Gasteiger partial charge is 0.268 e. The third-order valence-corrected chi connectivity index (χ3v) is 4.72. The molecule has 3 aromatic heterocycles. The summed E-state index contributed by atoms with van der Waals surface area (Å²) in [5.74, 6) is 2.10. The first-order valence-electron chi connectivity index (χ1n) is 9.17. The van der Waals surface area contributed by atoms with Crippen LogP contribution in [0.5, 0.6) is 17.2 Å². The molecule has 0 aliphatic heterocycles. The predicted octanol–water partition coefficient (Wildman–Crippen LogP) is 2.70. The van der Waals surface area contributed by atoms with Crippen LogP contribution >= 0.6 is 0 Å². The number of carbonyl (C=O) groups excluding carboxylic acids is 1.